The highest BCUT2D eigenvalue weighted by Crippen LogP contribution is 2.25. The van der Waals surface area contributed by atoms with Gasteiger partial charge in [-0.25, -0.2) is 9.97 Å². The Bertz CT molecular complexity index is 454. The van der Waals surface area contributed by atoms with Gasteiger partial charge >= 0.3 is 0 Å². The molecule has 2 aromatic rings. The molecule has 0 amide bonds. The molecule has 3 heteroatoms. The Hall–Kier alpha value is -1.22. The van der Waals surface area contributed by atoms with Crippen molar-refractivity contribution >= 4 is 15.9 Å². The maximum Gasteiger partial charge on any atom is 0.115 e. The lowest BCUT2D eigenvalue weighted by atomic mass is 10.0. The van der Waals surface area contributed by atoms with Gasteiger partial charge in [0.1, 0.15) is 6.33 Å². The third-order valence-corrected chi connectivity index (χ3v) is 2.81. The first-order chi connectivity index (χ1) is 7.31. The first kappa shape index (κ1) is 10.3. The minimum absolute atomic E-state index is 1.00. The molecule has 1 aromatic carbocycles. The predicted molar refractivity (Wildman–Crippen MR) is 64.5 cm³/mol. The summed E-state index contributed by atoms with van der Waals surface area (Å²) in [6.07, 6.45) is 6.24. The van der Waals surface area contributed by atoms with E-state index in [4.69, 9.17) is 0 Å². The molecule has 0 atom stereocenters. The van der Waals surface area contributed by atoms with Gasteiger partial charge < -0.3 is 0 Å². The normalized spacial score (nSPS) is 10.3. The van der Waals surface area contributed by atoms with E-state index in [1.54, 1.807) is 6.33 Å². The number of hydrogen-bond acceptors (Lipinski definition) is 2. The SMILES string of the molecule is CCc1cc(Br)ccc1-c1cncnc1. The van der Waals surface area contributed by atoms with Crippen LogP contribution in [0, 0.1) is 0 Å². The van der Waals surface area contributed by atoms with Crippen LogP contribution in [0.4, 0.5) is 0 Å². The van der Waals surface area contributed by atoms with Gasteiger partial charge in [0.2, 0.25) is 0 Å². The third-order valence-electron chi connectivity index (χ3n) is 2.32. The second kappa shape index (κ2) is 4.53. The molecule has 0 aliphatic rings. The second-order valence-corrected chi connectivity index (χ2v) is 4.20. The molecule has 0 aliphatic carbocycles. The van der Waals surface area contributed by atoms with E-state index in [1.807, 2.05) is 18.5 Å². The monoisotopic (exact) mass is 262 g/mol. The summed E-state index contributed by atoms with van der Waals surface area (Å²) in [5.74, 6) is 0. The van der Waals surface area contributed by atoms with Crippen LogP contribution in [-0.4, -0.2) is 9.97 Å². The molecule has 0 aliphatic heterocycles. The van der Waals surface area contributed by atoms with E-state index in [0.717, 1.165) is 16.5 Å². The van der Waals surface area contributed by atoms with Crippen LogP contribution in [0.2, 0.25) is 0 Å². The summed E-state index contributed by atoms with van der Waals surface area (Å²) in [6.45, 7) is 2.15. The lowest BCUT2D eigenvalue weighted by Gasteiger charge is -2.07. The Morgan fingerprint density at radius 2 is 1.93 bits per heavy atom. The van der Waals surface area contributed by atoms with Crippen LogP contribution in [0.25, 0.3) is 11.1 Å². The second-order valence-electron chi connectivity index (χ2n) is 3.28. The average molecular weight is 263 g/mol. The smallest absolute Gasteiger partial charge is 0.115 e. The Labute approximate surface area is 97.5 Å². The minimum atomic E-state index is 1.00. The molecule has 15 heavy (non-hydrogen) atoms. The first-order valence-electron chi connectivity index (χ1n) is 4.85. The average Bonchev–Trinajstić information content (AvgIpc) is 2.30. The van der Waals surface area contributed by atoms with Crippen molar-refractivity contribution in [3.05, 3.63) is 47.0 Å². The van der Waals surface area contributed by atoms with Gasteiger partial charge in [-0.05, 0) is 29.7 Å². The summed E-state index contributed by atoms with van der Waals surface area (Å²) in [5.41, 5.74) is 3.59. The highest BCUT2D eigenvalue weighted by atomic mass is 79.9. The highest BCUT2D eigenvalue weighted by molar-refractivity contribution is 9.10. The molecule has 0 unspecified atom stereocenters. The molecular weight excluding hydrogens is 252 g/mol. The summed E-state index contributed by atoms with van der Waals surface area (Å²) in [6, 6.07) is 6.28. The number of nitrogens with zero attached hydrogens (tertiary/aromatic N) is 2. The van der Waals surface area contributed by atoms with Gasteiger partial charge in [0, 0.05) is 22.4 Å². The van der Waals surface area contributed by atoms with E-state index in [-0.39, 0.29) is 0 Å². The Kier molecular flexibility index (Phi) is 3.11. The molecule has 0 spiro atoms. The Balaban J connectivity index is 2.53. The van der Waals surface area contributed by atoms with Crippen LogP contribution in [0.1, 0.15) is 12.5 Å². The maximum atomic E-state index is 4.04. The van der Waals surface area contributed by atoms with Crippen LogP contribution in [0.3, 0.4) is 0 Å². The number of hydrogen-bond donors (Lipinski definition) is 0. The topological polar surface area (TPSA) is 25.8 Å². The third kappa shape index (κ3) is 2.23. The molecule has 2 rings (SSSR count). The van der Waals surface area contributed by atoms with Crippen LogP contribution >= 0.6 is 15.9 Å². The molecule has 1 heterocycles. The summed E-state index contributed by atoms with van der Waals surface area (Å²) in [5, 5.41) is 0. The molecular formula is C12H11BrN2. The number of benzene rings is 1. The van der Waals surface area contributed by atoms with E-state index in [1.165, 1.54) is 11.1 Å². The summed E-state index contributed by atoms with van der Waals surface area (Å²) < 4.78 is 1.11. The number of halogens is 1. The van der Waals surface area contributed by atoms with Crippen LogP contribution < -0.4 is 0 Å². The van der Waals surface area contributed by atoms with Crippen molar-refractivity contribution in [2.24, 2.45) is 0 Å². The van der Waals surface area contributed by atoms with Gasteiger partial charge in [-0.1, -0.05) is 28.9 Å². The van der Waals surface area contributed by atoms with E-state index >= 15 is 0 Å². The maximum absolute atomic E-state index is 4.04. The minimum Gasteiger partial charge on any atom is -0.244 e. The van der Waals surface area contributed by atoms with Gasteiger partial charge in [-0.15, -0.1) is 0 Å². The molecule has 0 fully saturated rings. The number of aromatic nitrogens is 2. The van der Waals surface area contributed by atoms with Crippen molar-refractivity contribution < 1.29 is 0 Å². The molecule has 0 radical (unpaired) electrons. The van der Waals surface area contributed by atoms with Gasteiger partial charge in [-0.3, -0.25) is 0 Å². The fraction of sp³-hybridized carbons (Fsp3) is 0.167. The van der Waals surface area contributed by atoms with Crippen LogP contribution in [0.5, 0.6) is 0 Å². The van der Waals surface area contributed by atoms with Crippen molar-refractivity contribution in [2.75, 3.05) is 0 Å². The van der Waals surface area contributed by atoms with Crippen molar-refractivity contribution in [3.63, 3.8) is 0 Å². The zero-order chi connectivity index (χ0) is 10.7. The quantitative estimate of drug-likeness (QED) is 0.829. The standard InChI is InChI=1S/C12H11BrN2/c1-2-9-5-11(13)3-4-12(9)10-6-14-8-15-7-10/h3-8H,2H2,1H3. The fourth-order valence-corrected chi connectivity index (χ4v) is 1.98. The van der Waals surface area contributed by atoms with Crippen molar-refractivity contribution in [2.45, 2.75) is 13.3 Å². The Morgan fingerprint density at radius 3 is 2.60 bits per heavy atom. The molecule has 0 saturated heterocycles. The summed E-state index contributed by atoms with van der Waals surface area (Å²) >= 11 is 3.48. The molecule has 0 saturated carbocycles. The zero-order valence-electron chi connectivity index (χ0n) is 8.44. The predicted octanol–water partition coefficient (Wildman–Crippen LogP) is 3.47. The summed E-state index contributed by atoms with van der Waals surface area (Å²) in [7, 11) is 0. The van der Waals surface area contributed by atoms with Crippen molar-refractivity contribution in [3.8, 4) is 11.1 Å². The lowest BCUT2D eigenvalue weighted by molar-refractivity contribution is 1.12. The fourth-order valence-electron chi connectivity index (χ4n) is 1.57. The van der Waals surface area contributed by atoms with Crippen molar-refractivity contribution in [1.82, 2.24) is 9.97 Å². The van der Waals surface area contributed by atoms with Crippen LogP contribution in [0.15, 0.2) is 41.4 Å². The first-order valence-corrected chi connectivity index (χ1v) is 5.64. The van der Waals surface area contributed by atoms with Crippen molar-refractivity contribution in [1.29, 1.82) is 0 Å². The molecule has 76 valence electrons. The van der Waals surface area contributed by atoms with E-state index in [9.17, 15) is 0 Å². The van der Waals surface area contributed by atoms with E-state index in [0.29, 0.717) is 0 Å². The number of rotatable bonds is 2. The largest absolute Gasteiger partial charge is 0.244 e. The summed E-state index contributed by atoms with van der Waals surface area (Å²) in [4.78, 5) is 8.07. The highest BCUT2D eigenvalue weighted by Gasteiger charge is 2.04. The number of aryl methyl sites for hydroxylation is 1. The Morgan fingerprint density at radius 1 is 1.20 bits per heavy atom. The van der Waals surface area contributed by atoms with Gasteiger partial charge in [0.05, 0.1) is 0 Å². The molecule has 0 bridgehead atoms. The van der Waals surface area contributed by atoms with E-state index < -0.39 is 0 Å². The van der Waals surface area contributed by atoms with Gasteiger partial charge in [0.25, 0.3) is 0 Å². The lowest BCUT2D eigenvalue weighted by Crippen LogP contribution is -1.89. The van der Waals surface area contributed by atoms with Crippen LogP contribution in [-0.2, 0) is 6.42 Å². The van der Waals surface area contributed by atoms with Gasteiger partial charge in [-0.2, -0.15) is 0 Å². The zero-order valence-corrected chi connectivity index (χ0v) is 10.0. The molecule has 0 N–H and O–H groups in total. The van der Waals surface area contributed by atoms with E-state index in [2.05, 4.69) is 45.0 Å². The molecule has 1 aromatic heterocycles. The molecule has 2 nitrogen and oxygen atoms in total. The van der Waals surface area contributed by atoms with Gasteiger partial charge in [0.15, 0.2) is 0 Å².